The normalized spacial score (nSPS) is 11.3. The van der Waals surface area contributed by atoms with E-state index in [1.54, 1.807) is 14.0 Å². The number of sulfonamides is 1. The van der Waals surface area contributed by atoms with Gasteiger partial charge >= 0.3 is 5.97 Å². The van der Waals surface area contributed by atoms with Gasteiger partial charge in [-0.2, -0.15) is 0 Å². The zero-order valence-electron chi connectivity index (χ0n) is 10.4. The van der Waals surface area contributed by atoms with E-state index in [1.807, 2.05) is 0 Å². The molecule has 1 amide bonds. The Morgan fingerprint density at radius 3 is 2.58 bits per heavy atom. The zero-order valence-corrected chi connectivity index (χ0v) is 12.0. The standard InChI is InChI=1S/C10H14N2O5S2/c1-3-12(2)8(13)5-11-19(16,17)9-4-7(6-18-9)10(14)15/h4,6,11H,3,5H2,1-2H3,(H,14,15). The number of nitrogens with one attached hydrogen (secondary N) is 1. The Morgan fingerprint density at radius 1 is 1.47 bits per heavy atom. The van der Waals surface area contributed by atoms with Crippen molar-refractivity contribution in [2.45, 2.75) is 11.1 Å². The third-order valence-corrected chi connectivity index (χ3v) is 5.24. The van der Waals surface area contributed by atoms with Crippen LogP contribution >= 0.6 is 11.3 Å². The van der Waals surface area contributed by atoms with Gasteiger partial charge in [0.15, 0.2) is 0 Å². The molecule has 1 aromatic heterocycles. The Morgan fingerprint density at radius 2 is 2.11 bits per heavy atom. The highest BCUT2D eigenvalue weighted by Gasteiger charge is 2.20. The molecule has 1 heterocycles. The average molecular weight is 306 g/mol. The van der Waals surface area contributed by atoms with Crippen molar-refractivity contribution in [1.82, 2.24) is 9.62 Å². The summed E-state index contributed by atoms with van der Waals surface area (Å²) in [5, 5.41) is 9.95. The molecule has 0 aromatic carbocycles. The molecule has 2 N–H and O–H groups in total. The summed E-state index contributed by atoms with van der Waals surface area (Å²) in [4.78, 5) is 23.5. The van der Waals surface area contributed by atoms with Gasteiger partial charge in [-0.3, -0.25) is 4.79 Å². The van der Waals surface area contributed by atoms with E-state index in [9.17, 15) is 18.0 Å². The van der Waals surface area contributed by atoms with Gasteiger partial charge in [0.05, 0.1) is 12.1 Å². The molecule has 0 aliphatic carbocycles. The van der Waals surface area contributed by atoms with Gasteiger partial charge in [0, 0.05) is 19.0 Å². The lowest BCUT2D eigenvalue weighted by Crippen LogP contribution is -2.37. The minimum atomic E-state index is -3.85. The molecule has 1 rings (SSSR count). The van der Waals surface area contributed by atoms with E-state index in [0.29, 0.717) is 6.54 Å². The lowest BCUT2D eigenvalue weighted by Gasteiger charge is -2.14. The number of aromatic carboxylic acids is 1. The van der Waals surface area contributed by atoms with Crippen LogP contribution < -0.4 is 4.72 Å². The van der Waals surface area contributed by atoms with Crippen LogP contribution in [-0.2, 0) is 14.8 Å². The van der Waals surface area contributed by atoms with E-state index in [2.05, 4.69) is 4.72 Å². The minimum absolute atomic E-state index is 0.0950. The van der Waals surface area contributed by atoms with Crippen molar-refractivity contribution in [2.75, 3.05) is 20.1 Å². The summed E-state index contributed by atoms with van der Waals surface area (Å²) in [5.74, 6) is -1.56. The van der Waals surface area contributed by atoms with Crippen molar-refractivity contribution in [2.24, 2.45) is 0 Å². The van der Waals surface area contributed by atoms with Crippen LogP contribution in [0.5, 0.6) is 0 Å². The van der Waals surface area contributed by atoms with Crippen LogP contribution in [0, 0.1) is 0 Å². The number of thiophene rings is 1. The summed E-state index contributed by atoms with van der Waals surface area (Å²) in [6, 6.07) is 1.06. The maximum atomic E-state index is 11.8. The third kappa shape index (κ3) is 4.01. The van der Waals surface area contributed by atoms with Crippen LogP contribution in [0.1, 0.15) is 17.3 Å². The largest absolute Gasteiger partial charge is 0.478 e. The Labute approximate surface area is 114 Å². The summed E-state index contributed by atoms with van der Waals surface area (Å²) in [6.07, 6.45) is 0. The number of likely N-dealkylation sites (N-methyl/N-ethyl adjacent to an activating group) is 1. The molecule has 9 heteroatoms. The van der Waals surface area contributed by atoms with E-state index < -0.39 is 16.0 Å². The Kier molecular flexibility index (Phi) is 5.04. The molecule has 0 radical (unpaired) electrons. The van der Waals surface area contributed by atoms with Crippen LogP contribution in [0.15, 0.2) is 15.7 Å². The predicted molar refractivity (Wildman–Crippen MR) is 69.8 cm³/mol. The second kappa shape index (κ2) is 6.13. The first-order valence-corrected chi connectivity index (χ1v) is 7.69. The van der Waals surface area contributed by atoms with E-state index >= 15 is 0 Å². The number of hydrogen-bond acceptors (Lipinski definition) is 5. The minimum Gasteiger partial charge on any atom is -0.478 e. The van der Waals surface area contributed by atoms with Gasteiger partial charge in [-0.05, 0) is 13.0 Å². The number of carboxylic acids is 1. The maximum absolute atomic E-state index is 11.8. The molecule has 19 heavy (non-hydrogen) atoms. The quantitative estimate of drug-likeness (QED) is 0.781. The topological polar surface area (TPSA) is 104 Å². The fourth-order valence-corrected chi connectivity index (χ4v) is 3.28. The number of nitrogens with zero attached hydrogens (tertiary/aromatic N) is 1. The van der Waals surface area contributed by atoms with Gasteiger partial charge in [-0.15, -0.1) is 11.3 Å². The molecule has 0 atom stereocenters. The lowest BCUT2D eigenvalue weighted by molar-refractivity contribution is -0.128. The highest BCUT2D eigenvalue weighted by atomic mass is 32.2. The maximum Gasteiger partial charge on any atom is 0.336 e. The number of hydrogen-bond donors (Lipinski definition) is 2. The summed E-state index contributed by atoms with van der Waals surface area (Å²) >= 11 is 0.794. The van der Waals surface area contributed by atoms with Crippen molar-refractivity contribution in [1.29, 1.82) is 0 Å². The highest BCUT2D eigenvalue weighted by molar-refractivity contribution is 7.91. The molecule has 7 nitrogen and oxygen atoms in total. The Hall–Kier alpha value is -1.45. The molecule has 0 aliphatic rings. The molecule has 106 valence electrons. The second-order valence-electron chi connectivity index (χ2n) is 3.69. The van der Waals surface area contributed by atoms with Crippen LogP contribution in [0.2, 0.25) is 0 Å². The molecule has 0 bridgehead atoms. The molecule has 0 saturated carbocycles. The highest BCUT2D eigenvalue weighted by Crippen LogP contribution is 2.19. The second-order valence-corrected chi connectivity index (χ2v) is 6.60. The van der Waals surface area contributed by atoms with E-state index in [4.69, 9.17) is 5.11 Å². The molecule has 1 aromatic rings. The molecule has 0 saturated heterocycles. The van der Waals surface area contributed by atoms with Crippen molar-refractivity contribution >= 4 is 33.2 Å². The number of carboxylic acid groups (broad SMARTS) is 1. The van der Waals surface area contributed by atoms with Crippen molar-refractivity contribution < 1.29 is 23.1 Å². The summed E-state index contributed by atoms with van der Waals surface area (Å²) < 4.78 is 25.7. The number of amides is 1. The summed E-state index contributed by atoms with van der Waals surface area (Å²) in [6.45, 7) is 1.89. The van der Waals surface area contributed by atoms with Crippen molar-refractivity contribution in [3.8, 4) is 0 Å². The van der Waals surface area contributed by atoms with Crippen LogP contribution in [0.3, 0.4) is 0 Å². The van der Waals surface area contributed by atoms with Gasteiger partial charge in [-0.1, -0.05) is 0 Å². The molecular formula is C10H14N2O5S2. The van der Waals surface area contributed by atoms with Crippen molar-refractivity contribution in [3.63, 3.8) is 0 Å². The van der Waals surface area contributed by atoms with Gasteiger partial charge in [0.2, 0.25) is 5.91 Å². The van der Waals surface area contributed by atoms with E-state index in [1.165, 1.54) is 10.3 Å². The number of carbonyl (C=O) groups is 2. The van der Waals surface area contributed by atoms with Gasteiger partial charge in [-0.25, -0.2) is 17.9 Å². The fraction of sp³-hybridized carbons (Fsp3) is 0.400. The van der Waals surface area contributed by atoms with Gasteiger partial charge in [0.25, 0.3) is 10.0 Å². The number of rotatable bonds is 6. The molecule has 0 fully saturated rings. The van der Waals surface area contributed by atoms with Gasteiger partial charge < -0.3 is 10.0 Å². The first kappa shape index (κ1) is 15.6. The predicted octanol–water partition coefficient (Wildman–Crippen LogP) is 0.203. The molecule has 0 unspecified atom stereocenters. The van der Waals surface area contributed by atoms with Crippen LogP contribution in [0.25, 0.3) is 0 Å². The average Bonchev–Trinajstić information content (AvgIpc) is 2.85. The van der Waals surface area contributed by atoms with Crippen LogP contribution in [0.4, 0.5) is 0 Å². The SMILES string of the molecule is CCN(C)C(=O)CNS(=O)(=O)c1cc(C(=O)O)cs1. The summed E-state index contributed by atoms with van der Waals surface area (Å²) in [7, 11) is -2.29. The summed E-state index contributed by atoms with van der Waals surface area (Å²) in [5.41, 5.74) is -0.0950. The Bertz CT molecular complexity index is 578. The number of carbonyl (C=O) groups excluding carboxylic acids is 1. The first-order chi connectivity index (χ1) is 8.77. The lowest BCUT2D eigenvalue weighted by atomic mass is 10.4. The smallest absolute Gasteiger partial charge is 0.336 e. The molecular weight excluding hydrogens is 292 g/mol. The zero-order chi connectivity index (χ0) is 14.6. The molecule has 0 spiro atoms. The van der Waals surface area contributed by atoms with Crippen LogP contribution in [-0.4, -0.2) is 50.4 Å². The van der Waals surface area contributed by atoms with Gasteiger partial charge in [0.1, 0.15) is 4.21 Å². The first-order valence-electron chi connectivity index (χ1n) is 5.33. The third-order valence-electron chi connectivity index (χ3n) is 2.40. The van der Waals surface area contributed by atoms with E-state index in [-0.39, 0.29) is 22.2 Å². The monoisotopic (exact) mass is 306 g/mol. The Balaban J connectivity index is 2.76. The van der Waals surface area contributed by atoms with Crippen molar-refractivity contribution in [3.05, 3.63) is 17.0 Å². The molecule has 0 aliphatic heterocycles. The van der Waals surface area contributed by atoms with E-state index in [0.717, 1.165) is 17.4 Å². The fourth-order valence-electron chi connectivity index (χ4n) is 1.11.